The number of fused-ring (bicyclic) bond motifs is 1. The summed E-state index contributed by atoms with van der Waals surface area (Å²) in [6.45, 7) is 8.99. The van der Waals surface area contributed by atoms with Gasteiger partial charge in [0.15, 0.2) is 0 Å². The molecule has 0 atom stereocenters. The fourth-order valence-corrected chi connectivity index (χ4v) is 4.70. The summed E-state index contributed by atoms with van der Waals surface area (Å²) in [6.07, 6.45) is 1.02. The summed E-state index contributed by atoms with van der Waals surface area (Å²) in [6, 6.07) is 22.1. The normalized spacial score (nSPS) is 11.3. The lowest BCUT2D eigenvalue weighted by atomic mass is 10.1. The van der Waals surface area contributed by atoms with Gasteiger partial charge in [0, 0.05) is 28.5 Å². The van der Waals surface area contributed by atoms with Crippen molar-refractivity contribution in [3.63, 3.8) is 0 Å². The molecule has 6 nitrogen and oxygen atoms in total. The molecule has 1 heterocycles. The van der Waals surface area contributed by atoms with Crippen LogP contribution in [0.2, 0.25) is 0 Å². The quantitative estimate of drug-likeness (QED) is 0.154. The van der Waals surface area contributed by atoms with E-state index in [1.807, 2.05) is 24.3 Å². The van der Waals surface area contributed by atoms with Crippen LogP contribution >= 0.6 is 15.9 Å². The van der Waals surface area contributed by atoms with Crippen LogP contribution in [0, 0.1) is 6.92 Å². The molecule has 1 aromatic heterocycles. The number of phenols is 1. The SMILES string of the molecule is CCCOCCOCCOCCOc1ccc(Cn2c(-c3ccc(Br)cc3)c(C)c3cc(O)ccc32)cc1. The van der Waals surface area contributed by atoms with Crippen LogP contribution < -0.4 is 4.74 Å². The number of hydrogen-bond donors (Lipinski definition) is 1. The Labute approximate surface area is 233 Å². The van der Waals surface area contributed by atoms with Gasteiger partial charge < -0.3 is 28.6 Å². The first-order valence-electron chi connectivity index (χ1n) is 13.1. The second-order valence-corrected chi connectivity index (χ2v) is 10.0. The van der Waals surface area contributed by atoms with Crippen molar-refractivity contribution in [2.24, 2.45) is 0 Å². The maximum absolute atomic E-state index is 10.1. The zero-order chi connectivity index (χ0) is 26.7. The molecule has 0 spiro atoms. The van der Waals surface area contributed by atoms with Gasteiger partial charge in [0.25, 0.3) is 0 Å². The number of phenolic OH excluding ortho intramolecular Hbond substituents is 1. The Balaban J connectivity index is 1.33. The average Bonchev–Trinajstić information content (AvgIpc) is 3.19. The molecule has 0 aliphatic carbocycles. The van der Waals surface area contributed by atoms with E-state index in [-0.39, 0.29) is 5.75 Å². The zero-order valence-electron chi connectivity index (χ0n) is 22.1. The van der Waals surface area contributed by atoms with Crippen LogP contribution in [0.4, 0.5) is 0 Å². The molecule has 0 bridgehead atoms. The maximum Gasteiger partial charge on any atom is 0.119 e. The molecule has 0 amide bonds. The molecule has 0 aliphatic heterocycles. The Hall–Kier alpha value is -2.84. The van der Waals surface area contributed by atoms with E-state index >= 15 is 0 Å². The number of benzene rings is 3. The van der Waals surface area contributed by atoms with Crippen molar-refractivity contribution in [2.45, 2.75) is 26.8 Å². The molecule has 202 valence electrons. The molecule has 38 heavy (non-hydrogen) atoms. The van der Waals surface area contributed by atoms with E-state index < -0.39 is 0 Å². The number of ether oxygens (including phenoxy) is 4. The molecular weight excluding hydrogens is 546 g/mol. The Morgan fingerprint density at radius 3 is 2.05 bits per heavy atom. The highest BCUT2D eigenvalue weighted by Crippen LogP contribution is 2.36. The second kappa shape index (κ2) is 14.4. The predicted octanol–water partition coefficient (Wildman–Crippen LogP) is 6.97. The number of rotatable bonds is 15. The van der Waals surface area contributed by atoms with Gasteiger partial charge in [-0.25, -0.2) is 0 Å². The van der Waals surface area contributed by atoms with E-state index in [2.05, 4.69) is 70.7 Å². The van der Waals surface area contributed by atoms with Crippen LogP contribution in [0.25, 0.3) is 22.2 Å². The molecule has 3 aromatic carbocycles. The Morgan fingerprint density at radius 1 is 0.763 bits per heavy atom. The molecule has 0 unspecified atom stereocenters. The van der Waals surface area contributed by atoms with Gasteiger partial charge in [0.05, 0.1) is 38.7 Å². The second-order valence-electron chi connectivity index (χ2n) is 9.10. The van der Waals surface area contributed by atoms with Crippen molar-refractivity contribution in [1.29, 1.82) is 0 Å². The summed E-state index contributed by atoms with van der Waals surface area (Å²) in [5.74, 6) is 1.09. The summed E-state index contributed by atoms with van der Waals surface area (Å²) >= 11 is 3.54. The van der Waals surface area contributed by atoms with Gasteiger partial charge in [-0.1, -0.05) is 47.1 Å². The molecule has 1 N–H and O–H groups in total. The van der Waals surface area contributed by atoms with E-state index in [4.69, 9.17) is 18.9 Å². The van der Waals surface area contributed by atoms with Crippen molar-refractivity contribution >= 4 is 26.8 Å². The van der Waals surface area contributed by atoms with Crippen molar-refractivity contribution in [3.8, 4) is 22.8 Å². The Kier molecular flexibility index (Phi) is 10.6. The minimum absolute atomic E-state index is 0.273. The molecular formula is C31H36BrNO5. The van der Waals surface area contributed by atoms with Gasteiger partial charge in [-0.15, -0.1) is 0 Å². The molecule has 0 saturated carbocycles. The molecule has 0 saturated heterocycles. The summed E-state index contributed by atoms with van der Waals surface area (Å²) in [5, 5.41) is 11.2. The van der Waals surface area contributed by atoms with Crippen molar-refractivity contribution in [1.82, 2.24) is 4.57 Å². The number of aromatic hydroxyl groups is 1. The third-order valence-corrected chi connectivity index (χ3v) is 6.80. The van der Waals surface area contributed by atoms with E-state index in [0.29, 0.717) is 46.2 Å². The fraction of sp³-hybridized carbons (Fsp3) is 0.355. The monoisotopic (exact) mass is 581 g/mol. The highest BCUT2D eigenvalue weighted by molar-refractivity contribution is 9.10. The predicted molar refractivity (Wildman–Crippen MR) is 155 cm³/mol. The lowest BCUT2D eigenvalue weighted by molar-refractivity contribution is 0.00945. The van der Waals surface area contributed by atoms with Gasteiger partial charge in [0.2, 0.25) is 0 Å². The molecule has 0 aliphatic rings. The lowest BCUT2D eigenvalue weighted by Crippen LogP contribution is -2.12. The number of aryl methyl sites for hydroxylation is 1. The highest BCUT2D eigenvalue weighted by atomic mass is 79.9. The number of halogens is 1. The van der Waals surface area contributed by atoms with Crippen LogP contribution in [-0.4, -0.2) is 55.9 Å². The van der Waals surface area contributed by atoms with Gasteiger partial charge in [0.1, 0.15) is 18.1 Å². The van der Waals surface area contributed by atoms with E-state index in [0.717, 1.165) is 56.5 Å². The van der Waals surface area contributed by atoms with Crippen molar-refractivity contribution in [2.75, 3.05) is 46.2 Å². The van der Waals surface area contributed by atoms with Gasteiger partial charge >= 0.3 is 0 Å². The maximum atomic E-state index is 10.1. The standard InChI is InChI=1S/C31H36BrNO5/c1-3-14-35-15-16-36-17-18-37-19-20-38-28-11-4-24(5-12-28)22-33-30-13-10-27(34)21-29(30)23(2)31(33)25-6-8-26(32)9-7-25/h4-13,21,34H,3,14-20,22H2,1-2H3. The number of aromatic nitrogens is 1. The Morgan fingerprint density at radius 2 is 1.39 bits per heavy atom. The first kappa shape index (κ1) is 28.2. The zero-order valence-corrected chi connectivity index (χ0v) is 23.7. The number of hydrogen-bond acceptors (Lipinski definition) is 5. The van der Waals surface area contributed by atoms with Crippen molar-refractivity contribution < 1.29 is 24.1 Å². The molecule has 0 fully saturated rings. The van der Waals surface area contributed by atoms with Gasteiger partial charge in [-0.3, -0.25) is 0 Å². The van der Waals surface area contributed by atoms with E-state index in [1.165, 1.54) is 0 Å². The summed E-state index contributed by atoms with van der Waals surface area (Å²) in [5.41, 5.74) is 5.68. The number of nitrogens with zero attached hydrogens (tertiary/aromatic N) is 1. The van der Waals surface area contributed by atoms with Crippen LogP contribution in [0.3, 0.4) is 0 Å². The summed E-state index contributed by atoms with van der Waals surface area (Å²) < 4.78 is 25.6. The van der Waals surface area contributed by atoms with Crippen LogP contribution in [0.15, 0.2) is 71.2 Å². The summed E-state index contributed by atoms with van der Waals surface area (Å²) in [4.78, 5) is 0. The smallest absolute Gasteiger partial charge is 0.119 e. The average molecular weight is 583 g/mol. The van der Waals surface area contributed by atoms with Gasteiger partial charge in [-0.05, 0) is 72.5 Å². The topological polar surface area (TPSA) is 62.1 Å². The lowest BCUT2D eigenvalue weighted by Gasteiger charge is -2.13. The highest BCUT2D eigenvalue weighted by Gasteiger charge is 2.17. The van der Waals surface area contributed by atoms with Crippen LogP contribution in [0.5, 0.6) is 11.5 Å². The largest absolute Gasteiger partial charge is 0.508 e. The van der Waals surface area contributed by atoms with Gasteiger partial charge in [-0.2, -0.15) is 0 Å². The third-order valence-electron chi connectivity index (χ3n) is 6.27. The summed E-state index contributed by atoms with van der Waals surface area (Å²) in [7, 11) is 0. The molecule has 4 aromatic rings. The minimum Gasteiger partial charge on any atom is -0.508 e. The van der Waals surface area contributed by atoms with E-state index in [9.17, 15) is 5.11 Å². The fourth-order valence-electron chi connectivity index (χ4n) is 4.43. The minimum atomic E-state index is 0.273. The third kappa shape index (κ3) is 7.60. The first-order valence-corrected chi connectivity index (χ1v) is 13.9. The molecule has 4 rings (SSSR count). The van der Waals surface area contributed by atoms with Crippen molar-refractivity contribution in [3.05, 3.63) is 82.3 Å². The first-order chi connectivity index (χ1) is 18.6. The molecule has 7 heteroatoms. The van der Waals surface area contributed by atoms with Crippen LogP contribution in [-0.2, 0) is 20.8 Å². The Bertz CT molecular complexity index is 1280. The van der Waals surface area contributed by atoms with Crippen LogP contribution in [0.1, 0.15) is 24.5 Å². The molecule has 0 radical (unpaired) electrons. The van der Waals surface area contributed by atoms with E-state index in [1.54, 1.807) is 6.07 Å².